The molecule has 0 spiro atoms. The van der Waals surface area contributed by atoms with E-state index in [9.17, 15) is 23.1 Å². The molecule has 1 aliphatic rings. The molecule has 1 amide bonds. The van der Waals surface area contributed by atoms with Gasteiger partial charge in [-0.3, -0.25) is 9.20 Å². The zero-order chi connectivity index (χ0) is 24.5. The van der Waals surface area contributed by atoms with Crippen LogP contribution in [-0.4, -0.2) is 71.4 Å². The maximum absolute atomic E-state index is 12.7. The molecule has 0 bridgehead atoms. The quantitative estimate of drug-likeness (QED) is 0.505. The normalized spacial score (nSPS) is 16.3. The van der Waals surface area contributed by atoms with Gasteiger partial charge in [-0.25, -0.2) is 4.98 Å². The fraction of sp³-hybridized carbons (Fsp3) is 0.417. The Morgan fingerprint density at radius 2 is 2.12 bits per heavy atom. The van der Waals surface area contributed by atoms with Crippen LogP contribution in [0.5, 0.6) is 5.75 Å². The van der Waals surface area contributed by atoms with E-state index in [1.165, 1.54) is 0 Å². The van der Waals surface area contributed by atoms with Gasteiger partial charge in [0, 0.05) is 43.1 Å². The molecule has 34 heavy (non-hydrogen) atoms. The number of aliphatic hydroxyl groups excluding tert-OH is 1. The number of benzene rings is 1. The van der Waals surface area contributed by atoms with Crippen LogP contribution in [0.25, 0.3) is 16.9 Å². The first-order chi connectivity index (χ1) is 16.2. The summed E-state index contributed by atoms with van der Waals surface area (Å²) in [5, 5.41) is 9.82. The van der Waals surface area contributed by atoms with Gasteiger partial charge in [0.1, 0.15) is 17.9 Å². The highest BCUT2D eigenvalue weighted by Gasteiger charge is 2.30. The van der Waals surface area contributed by atoms with Crippen molar-refractivity contribution in [2.45, 2.75) is 32.0 Å². The lowest BCUT2D eigenvalue weighted by Gasteiger charge is -2.20. The summed E-state index contributed by atoms with van der Waals surface area (Å²) in [6.07, 6.45) is 0.110. The molecule has 0 saturated carbocycles. The minimum Gasteiger partial charge on any atom is -0.496 e. The number of aromatic nitrogens is 2. The summed E-state index contributed by atoms with van der Waals surface area (Å²) in [5.74, 6) is 0.610. The Balaban J connectivity index is 1.63. The average molecular weight is 476 g/mol. The summed E-state index contributed by atoms with van der Waals surface area (Å²) in [7, 11) is 1.54. The number of pyridine rings is 1. The lowest BCUT2D eigenvalue weighted by molar-refractivity contribution is -0.153. The largest absolute Gasteiger partial charge is 0.496 e. The van der Waals surface area contributed by atoms with Crippen molar-refractivity contribution in [3.05, 3.63) is 47.8 Å². The molecule has 0 radical (unpaired) electrons. The van der Waals surface area contributed by atoms with Crippen LogP contribution in [0.2, 0.25) is 0 Å². The van der Waals surface area contributed by atoms with Crippen LogP contribution in [0.4, 0.5) is 18.9 Å². The number of aliphatic hydroxyl groups is 1. The molecular weight excluding hydrogens is 449 g/mol. The number of fused-ring (bicyclic) bond motifs is 1. The zero-order valence-electron chi connectivity index (χ0n) is 19.0. The van der Waals surface area contributed by atoms with Gasteiger partial charge in [0.2, 0.25) is 6.41 Å². The molecule has 10 heteroatoms. The highest BCUT2D eigenvalue weighted by molar-refractivity contribution is 5.69. The number of alkyl halides is 3. The van der Waals surface area contributed by atoms with E-state index < -0.39 is 12.7 Å². The second kappa shape index (κ2) is 9.54. The highest BCUT2D eigenvalue weighted by atomic mass is 19.4. The summed E-state index contributed by atoms with van der Waals surface area (Å²) in [4.78, 5) is 18.5. The smallest absolute Gasteiger partial charge is 0.406 e. The van der Waals surface area contributed by atoms with Crippen LogP contribution in [0, 0.1) is 6.92 Å². The molecule has 1 atom stereocenters. The van der Waals surface area contributed by atoms with E-state index in [2.05, 4.69) is 9.88 Å². The Morgan fingerprint density at radius 3 is 2.76 bits per heavy atom. The molecule has 1 aliphatic heterocycles. The van der Waals surface area contributed by atoms with Gasteiger partial charge in [-0.05, 0) is 49.1 Å². The molecule has 1 N–H and O–H groups in total. The fourth-order valence-corrected chi connectivity index (χ4v) is 4.38. The summed E-state index contributed by atoms with van der Waals surface area (Å²) >= 11 is 0. The highest BCUT2D eigenvalue weighted by Crippen LogP contribution is 2.32. The maximum Gasteiger partial charge on any atom is 0.406 e. The van der Waals surface area contributed by atoms with E-state index in [-0.39, 0.29) is 25.5 Å². The van der Waals surface area contributed by atoms with Crippen LogP contribution >= 0.6 is 0 Å². The first-order valence-electron chi connectivity index (χ1n) is 11.0. The molecule has 0 aliphatic carbocycles. The molecule has 1 fully saturated rings. The second-order valence-corrected chi connectivity index (χ2v) is 8.55. The number of ether oxygens (including phenoxy) is 1. The summed E-state index contributed by atoms with van der Waals surface area (Å²) in [6.45, 7) is 1.88. The van der Waals surface area contributed by atoms with Gasteiger partial charge in [-0.1, -0.05) is 0 Å². The minimum absolute atomic E-state index is 0.0609. The Labute approximate surface area is 195 Å². The number of hydrogen-bond donors (Lipinski definition) is 1. The van der Waals surface area contributed by atoms with Gasteiger partial charge >= 0.3 is 6.18 Å². The van der Waals surface area contributed by atoms with E-state index in [1.54, 1.807) is 13.3 Å². The molecule has 7 nitrogen and oxygen atoms in total. The monoisotopic (exact) mass is 476 g/mol. The van der Waals surface area contributed by atoms with Crippen molar-refractivity contribution in [3.63, 3.8) is 0 Å². The van der Waals surface area contributed by atoms with Crippen LogP contribution in [-0.2, 0) is 11.2 Å². The Hall–Kier alpha value is -3.27. The van der Waals surface area contributed by atoms with Crippen molar-refractivity contribution in [1.82, 2.24) is 14.3 Å². The van der Waals surface area contributed by atoms with Crippen LogP contribution in [0.3, 0.4) is 0 Å². The number of carbonyl (C=O) groups is 1. The lowest BCUT2D eigenvalue weighted by Crippen LogP contribution is -2.34. The van der Waals surface area contributed by atoms with E-state index >= 15 is 0 Å². The molecule has 1 aromatic carbocycles. The Bertz CT molecular complexity index is 1180. The van der Waals surface area contributed by atoms with Gasteiger partial charge in [0.15, 0.2) is 0 Å². The Morgan fingerprint density at radius 1 is 1.32 bits per heavy atom. The van der Waals surface area contributed by atoms with E-state index in [4.69, 9.17) is 4.74 Å². The molecular formula is C24H27F3N4O3. The molecule has 3 heterocycles. The standard InChI is InChI=1S/C24H27F3N4O3/c1-16-17(3-6-29(15-32)14-24(25,26)27)9-18(10-22(16)34-2)21-12-28-23-11-19(4-8-31(21)23)30-7-5-20(33)13-30/h4,8-12,15,20,33H,3,5-7,13-14H2,1-2H3. The Kier molecular flexibility index (Phi) is 6.70. The SMILES string of the molecule is COc1cc(-c2cnc3cc(N4CCC(O)C4)ccn23)cc(CCN(C=O)CC(F)(F)F)c1C. The second-order valence-electron chi connectivity index (χ2n) is 8.55. The third kappa shape index (κ3) is 5.11. The van der Waals surface area contributed by atoms with E-state index in [0.717, 1.165) is 51.6 Å². The number of β-amino-alcohol motifs (C(OH)–C–C–N with tert-alkyl or cyclic N) is 1. The minimum atomic E-state index is -4.45. The fourth-order valence-electron chi connectivity index (χ4n) is 4.38. The maximum atomic E-state index is 12.7. The number of anilines is 1. The molecule has 1 unspecified atom stereocenters. The van der Waals surface area contributed by atoms with Gasteiger partial charge < -0.3 is 19.6 Å². The first-order valence-corrected chi connectivity index (χ1v) is 11.0. The number of halogens is 3. The molecule has 182 valence electrons. The number of imidazole rings is 1. The number of hydrogen-bond acceptors (Lipinski definition) is 5. The zero-order valence-corrected chi connectivity index (χ0v) is 19.0. The van der Waals surface area contributed by atoms with Gasteiger partial charge in [0.25, 0.3) is 0 Å². The number of carbonyl (C=O) groups excluding carboxylic acids is 1. The van der Waals surface area contributed by atoms with Crippen molar-refractivity contribution < 1.29 is 27.8 Å². The summed E-state index contributed by atoms with van der Waals surface area (Å²) in [6, 6.07) is 7.72. The van der Waals surface area contributed by atoms with Gasteiger partial charge in [-0.2, -0.15) is 13.2 Å². The predicted molar refractivity (Wildman–Crippen MR) is 122 cm³/mol. The number of rotatable bonds is 8. The van der Waals surface area contributed by atoms with Gasteiger partial charge in [0.05, 0.1) is 25.1 Å². The lowest BCUT2D eigenvalue weighted by atomic mass is 9.99. The van der Waals surface area contributed by atoms with E-state index in [0.29, 0.717) is 12.3 Å². The summed E-state index contributed by atoms with van der Waals surface area (Å²) in [5.41, 5.74) is 4.95. The topological polar surface area (TPSA) is 70.3 Å². The van der Waals surface area contributed by atoms with Gasteiger partial charge in [-0.15, -0.1) is 0 Å². The van der Waals surface area contributed by atoms with Crippen molar-refractivity contribution in [3.8, 4) is 17.0 Å². The first kappa shape index (κ1) is 23.9. The van der Waals surface area contributed by atoms with Crippen molar-refractivity contribution >= 4 is 17.7 Å². The van der Waals surface area contributed by atoms with Crippen LogP contribution in [0.1, 0.15) is 17.5 Å². The molecule has 4 rings (SSSR count). The van der Waals surface area contributed by atoms with Crippen molar-refractivity contribution in [2.24, 2.45) is 0 Å². The molecule has 1 saturated heterocycles. The molecule has 3 aromatic rings. The average Bonchev–Trinajstić information content (AvgIpc) is 3.42. The van der Waals surface area contributed by atoms with E-state index in [1.807, 2.05) is 41.8 Å². The van der Waals surface area contributed by atoms with Crippen molar-refractivity contribution in [2.75, 3.05) is 38.2 Å². The number of nitrogens with zero attached hydrogens (tertiary/aromatic N) is 4. The van der Waals surface area contributed by atoms with Crippen molar-refractivity contribution in [1.29, 1.82) is 0 Å². The molecule has 2 aromatic heterocycles. The third-order valence-corrected chi connectivity index (χ3v) is 6.21. The number of methoxy groups -OCH3 is 1. The number of amides is 1. The summed E-state index contributed by atoms with van der Waals surface area (Å²) < 4.78 is 45.6. The van der Waals surface area contributed by atoms with Crippen LogP contribution in [0.15, 0.2) is 36.7 Å². The van der Waals surface area contributed by atoms with Crippen LogP contribution < -0.4 is 9.64 Å². The third-order valence-electron chi connectivity index (χ3n) is 6.21. The predicted octanol–water partition coefficient (Wildman–Crippen LogP) is 3.45.